The topological polar surface area (TPSA) is 62.9 Å². The van der Waals surface area contributed by atoms with E-state index in [1.54, 1.807) is 7.11 Å². The molecule has 2 N–H and O–H groups in total. The second-order valence-corrected chi connectivity index (χ2v) is 5.11. The Balaban J connectivity index is 1.74. The molecule has 0 aliphatic carbocycles. The fourth-order valence-electron chi connectivity index (χ4n) is 2.76. The average molecular weight is 283 g/mol. The number of nitrogen functional groups attached to an aromatic ring is 1. The molecule has 0 saturated carbocycles. The molecule has 4 atom stereocenters. The molecule has 20 heavy (non-hydrogen) atoms. The van der Waals surface area contributed by atoms with Crippen molar-refractivity contribution in [2.75, 3.05) is 32.7 Å². The maximum atomic E-state index is 13.3. The van der Waals surface area contributed by atoms with E-state index < -0.39 is 0 Å². The van der Waals surface area contributed by atoms with Crippen molar-refractivity contribution in [2.24, 2.45) is 5.92 Å². The van der Waals surface area contributed by atoms with Crippen LogP contribution in [-0.4, -0.2) is 45.2 Å². The Morgan fingerprint density at radius 1 is 1.25 bits per heavy atom. The van der Waals surface area contributed by atoms with Crippen molar-refractivity contribution >= 4 is 5.69 Å². The first-order valence-electron chi connectivity index (χ1n) is 6.63. The molecule has 2 aliphatic rings. The number of ether oxygens (including phenoxy) is 4. The van der Waals surface area contributed by atoms with E-state index in [1.165, 1.54) is 18.2 Å². The van der Waals surface area contributed by atoms with E-state index in [2.05, 4.69) is 0 Å². The Kier molecular flexibility index (Phi) is 3.78. The minimum absolute atomic E-state index is 0.0477. The average Bonchev–Trinajstić information content (AvgIpc) is 2.86. The highest BCUT2D eigenvalue weighted by molar-refractivity contribution is 5.52. The number of hydrogen-bond donors (Lipinski definition) is 1. The lowest BCUT2D eigenvalue weighted by atomic mass is 9.94. The Bertz CT molecular complexity index is 484. The number of nitrogens with two attached hydrogens (primary N) is 1. The van der Waals surface area contributed by atoms with Crippen molar-refractivity contribution in [2.45, 2.75) is 18.3 Å². The highest BCUT2D eigenvalue weighted by atomic mass is 19.1. The third kappa shape index (κ3) is 2.46. The summed E-state index contributed by atoms with van der Waals surface area (Å²) in [5, 5.41) is 0. The fraction of sp³-hybridized carbons (Fsp3) is 0.571. The lowest BCUT2D eigenvalue weighted by molar-refractivity contribution is -0.126. The molecule has 1 aromatic carbocycles. The molecule has 4 unspecified atom stereocenters. The third-order valence-corrected chi connectivity index (χ3v) is 3.87. The van der Waals surface area contributed by atoms with E-state index in [-0.39, 0.29) is 30.0 Å². The summed E-state index contributed by atoms with van der Waals surface area (Å²) in [6, 6.07) is 4.09. The molecule has 0 bridgehead atoms. The van der Waals surface area contributed by atoms with Gasteiger partial charge in [-0.1, -0.05) is 0 Å². The van der Waals surface area contributed by atoms with Crippen LogP contribution >= 0.6 is 0 Å². The van der Waals surface area contributed by atoms with Gasteiger partial charge in [-0.3, -0.25) is 0 Å². The van der Waals surface area contributed by atoms with Crippen LogP contribution in [0.3, 0.4) is 0 Å². The molecule has 2 saturated heterocycles. The standard InChI is InChI=1S/C14H18FNO4/c1-17-13-6-18-5-9-12(7-19-14(9)13)20-11-4-8(15)2-3-10(11)16/h2-4,9,12-14H,5-7,16H2,1H3. The molecular weight excluding hydrogens is 265 g/mol. The number of methoxy groups -OCH3 is 1. The molecule has 2 fully saturated rings. The summed E-state index contributed by atoms with van der Waals surface area (Å²) in [6.07, 6.45) is -0.345. The van der Waals surface area contributed by atoms with Crippen LogP contribution in [0.15, 0.2) is 18.2 Å². The van der Waals surface area contributed by atoms with Crippen molar-refractivity contribution in [3.8, 4) is 5.75 Å². The Morgan fingerprint density at radius 3 is 2.90 bits per heavy atom. The predicted molar refractivity (Wildman–Crippen MR) is 70.1 cm³/mol. The van der Waals surface area contributed by atoms with E-state index in [0.29, 0.717) is 31.3 Å². The zero-order valence-electron chi connectivity index (χ0n) is 11.3. The zero-order valence-corrected chi connectivity index (χ0v) is 11.3. The van der Waals surface area contributed by atoms with Gasteiger partial charge in [0.05, 0.1) is 37.5 Å². The zero-order chi connectivity index (χ0) is 14.1. The minimum atomic E-state index is -0.376. The van der Waals surface area contributed by atoms with E-state index in [9.17, 15) is 4.39 Å². The molecule has 2 heterocycles. The lowest BCUT2D eigenvalue weighted by Gasteiger charge is -2.33. The number of halogens is 1. The number of anilines is 1. The van der Waals surface area contributed by atoms with E-state index in [0.717, 1.165) is 0 Å². The van der Waals surface area contributed by atoms with Crippen LogP contribution in [-0.2, 0) is 14.2 Å². The number of hydrogen-bond acceptors (Lipinski definition) is 5. The van der Waals surface area contributed by atoms with Gasteiger partial charge in [0.25, 0.3) is 0 Å². The van der Waals surface area contributed by atoms with Crippen molar-refractivity contribution < 1.29 is 23.3 Å². The van der Waals surface area contributed by atoms with E-state index in [1.807, 2.05) is 0 Å². The van der Waals surface area contributed by atoms with Gasteiger partial charge in [-0.2, -0.15) is 0 Å². The van der Waals surface area contributed by atoms with Crippen molar-refractivity contribution in [1.82, 2.24) is 0 Å². The van der Waals surface area contributed by atoms with Gasteiger partial charge in [0, 0.05) is 13.2 Å². The summed E-state index contributed by atoms with van der Waals surface area (Å²) in [5.41, 5.74) is 6.21. The largest absolute Gasteiger partial charge is 0.485 e. The van der Waals surface area contributed by atoms with Crippen LogP contribution in [0.4, 0.5) is 10.1 Å². The Hall–Kier alpha value is -1.37. The third-order valence-electron chi connectivity index (χ3n) is 3.87. The second-order valence-electron chi connectivity index (χ2n) is 5.11. The van der Waals surface area contributed by atoms with Gasteiger partial charge in [-0.15, -0.1) is 0 Å². The molecule has 2 aliphatic heterocycles. The van der Waals surface area contributed by atoms with Crippen LogP contribution in [0.1, 0.15) is 0 Å². The maximum absolute atomic E-state index is 13.3. The van der Waals surface area contributed by atoms with Crippen LogP contribution in [0, 0.1) is 11.7 Å². The van der Waals surface area contributed by atoms with Gasteiger partial charge in [0.15, 0.2) is 0 Å². The van der Waals surface area contributed by atoms with Gasteiger partial charge >= 0.3 is 0 Å². The van der Waals surface area contributed by atoms with Crippen molar-refractivity contribution in [3.05, 3.63) is 24.0 Å². The molecule has 6 heteroatoms. The van der Waals surface area contributed by atoms with Gasteiger partial charge < -0.3 is 24.7 Å². The monoisotopic (exact) mass is 283 g/mol. The number of rotatable bonds is 3. The molecule has 5 nitrogen and oxygen atoms in total. The van der Waals surface area contributed by atoms with E-state index >= 15 is 0 Å². The van der Waals surface area contributed by atoms with Gasteiger partial charge in [0.2, 0.25) is 0 Å². The van der Waals surface area contributed by atoms with Gasteiger partial charge in [-0.05, 0) is 12.1 Å². The Morgan fingerprint density at radius 2 is 2.10 bits per heavy atom. The first-order chi connectivity index (χ1) is 9.69. The summed E-state index contributed by atoms with van der Waals surface area (Å²) < 4.78 is 35.7. The highest BCUT2D eigenvalue weighted by Crippen LogP contribution is 2.33. The highest BCUT2D eigenvalue weighted by Gasteiger charge is 2.46. The summed E-state index contributed by atoms with van der Waals surface area (Å²) in [7, 11) is 1.64. The molecule has 0 amide bonds. The van der Waals surface area contributed by atoms with Gasteiger partial charge in [-0.25, -0.2) is 4.39 Å². The van der Waals surface area contributed by atoms with Crippen LogP contribution < -0.4 is 10.5 Å². The first kappa shape index (κ1) is 13.6. The van der Waals surface area contributed by atoms with Crippen molar-refractivity contribution in [3.63, 3.8) is 0 Å². The summed E-state index contributed by atoms with van der Waals surface area (Å²) in [4.78, 5) is 0. The molecule has 0 radical (unpaired) electrons. The molecule has 110 valence electrons. The summed E-state index contributed by atoms with van der Waals surface area (Å²) >= 11 is 0. The minimum Gasteiger partial charge on any atom is -0.485 e. The van der Waals surface area contributed by atoms with E-state index in [4.69, 9.17) is 24.7 Å². The van der Waals surface area contributed by atoms with Crippen molar-refractivity contribution in [1.29, 1.82) is 0 Å². The smallest absolute Gasteiger partial charge is 0.145 e. The fourth-order valence-corrected chi connectivity index (χ4v) is 2.76. The SMILES string of the molecule is COC1COCC2C(Oc3cc(F)ccc3N)COC12. The predicted octanol–water partition coefficient (Wildman–Crippen LogP) is 1.22. The van der Waals surface area contributed by atoms with Crippen LogP contribution in [0.5, 0.6) is 5.75 Å². The van der Waals surface area contributed by atoms with Crippen LogP contribution in [0.25, 0.3) is 0 Å². The molecular formula is C14H18FNO4. The Labute approximate surface area is 116 Å². The second kappa shape index (κ2) is 5.55. The summed E-state index contributed by atoms with van der Waals surface area (Å²) in [6.45, 7) is 1.49. The molecule has 3 rings (SSSR count). The van der Waals surface area contributed by atoms with Gasteiger partial charge in [0.1, 0.15) is 23.8 Å². The summed E-state index contributed by atoms with van der Waals surface area (Å²) in [5.74, 6) is 0.0366. The number of benzene rings is 1. The quantitative estimate of drug-likeness (QED) is 0.845. The molecule has 0 aromatic heterocycles. The lowest BCUT2D eigenvalue weighted by Crippen LogP contribution is -2.46. The molecule has 1 aromatic rings. The number of fused-ring (bicyclic) bond motifs is 1. The normalized spacial score (nSPS) is 32.9. The maximum Gasteiger partial charge on any atom is 0.145 e. The van der Waals surface area contributed by atoms with Crippen LogP contribution in [0.2, 0.25) is 0 Å². The molecule has 0 spiro atoms. The first-order valence-corrected chi connectivity index (χ1v) is 6.63.